The molecule has 0 fully saturated rings. The van der Waals surface area contributed by atoms with Crippen molar-refractivity contribution in [2.75, 3.05) is 13.2 Å². The van der Waals surface area contributed by atoms with E-state index in [0.29, 0.717) is 17.1 Å². The Morgan fingerprint density at radius 1 is 1.22 bits per heavy atom. The number of benzene rings is 1. The second kappa shape index (κ2) is 8.17. The number of esters is 1. The van der Waals surface area contributed by atoms with Crippen LogP contribution in [0, 0.1) is 0 Å². The quantitative estimate of drug-likeness (QED) is 0.604. The highest BCUT2D eigenvalue weighted by atomic mass is 32.1. The van der Waals surface area contributed by atoms with Crippen LogP contribution in [0.4, 0.5) is 0 Å². The summed E-state index contributed by atoms with van der Waals surface area (Å²) in [5.41, 5.74) is 1.15. The Hall–Kier alpha value is -2.94. The summed E-state index contributed by atoms with van der Waals surface area (Å²) >= 11 is 1.31. The van der Waals surface area contributed by atoms with Gasteiger partial charge in [-0.15, -0.1) is 0 Å². The molecule has 9 heteroatoms. The Morgan fingerprint density at radius 3 is 2.70 bits per heavy atom. The number of aromatic nitrogens is 3. The predicted octanol–water partition coefficient (Wildman–Crippen LogP) is 2.14. The van der Waals surface area contributed by atoms with Crippen molar-refractivity contribution in [1.29, 1.82) is 0 Å². The summed E-state index contributed by atoms with van der Waals surface area (Å²) in [5, 5.41) is 3.99. The molecular formula is C18H20N4O4S. The van der Waals surface area contributed by atoms with E-state index in [1.165, 1.54) is 22.2 Å². The third kappa shape index (κ3) is 4.08. The number of ether oxygens (including phenoxy) is 2. The molecule has 0 radical (unpaired) electrons. The fraction of sp³-hybridized carbons (Fsp3) is 0.333. The minimum Gasteiger partial charge on any atom is -0.494 e. The molecule has 8 nitrogen and oxygen atoms in total. The average Bonchev–Trinajstić information content (AvgIpc) is 3.19. The first-order valence-corrected chi connectivity index (χ1v) is 9.34. The number of fused-ring (bicyclic) bond motifs is 1. The van der Waals surface area contributed by atoms with Gasteiger partial charge in [0.1, 0.15) is 18.0 Å². The van der Waals surface area contributed by atoms with Crippen molar-refractivity contribution in [3.8, 4) is 5.75 Å². The van der Waals surface area contributed by atoms with Crippen LogP contribution < -0.4 is 9.54 Å². The molecule has 3 rings (SSSR count). The smallest absolute Gasteiger partial charge is 0.326 e. The SMILES string of the molecule is CCOC(=O)Cn1c(=NC(=O)c2ccnn2C)sc2cc(OCC)ccc21. The minimum absolute atomic E-state index is 0.0285. The average molecular weight is 388 g/mol. The lowest BCUT2D eigenvalue weighted by Crippen LogP contribution is -2.23. The second-order valence-corrected chi connectivity index (χ2v) is 6.60. The standard InChI is InChI=1S/C18H20N4O4S/c1-4-25-12-6-7-13-15(10-12)27-18(22(13)11-16(23)26-5-2)20-17(24)14-8-9-19-21(14)3/h6-10H,4-5,11H2,1-3H3. The number of hydrogen-bond acceptors (Lipinski definition) is 6. The number of nitrogens with zero attached hydrogens (tertiary/aromatic N) is 4. The second-order valence-electron chi connectivity index (χ2n) is 5.60. The number of amides is 1. The van der Waals surface area contributed by atoms with E-state index in [4.69, 9.17) is 9.47 Å². The van der Waals surface area contributed by atoms with Crippen LogP contribution in [0.2, 0.25) is 0 Å². The Morgan fingerprint density at radius 2 is 2.04 bits per heavy atom. The van der Waals surface area contributed by atoms with Crippen LogP contribution in [-0.4, -0.2) is 39.4 Å². The molecule has 1 amide bonds. The van der Waals surface area contributed by atoms with E-state index in [1.54, 1.807) is 24.6 Å². The van der Waals surface area contributed by atoms with Gasteiger partial charge in [0, 0.05) is 13.2 Å². The van der Waals surface area contributed by atoms with Crippen molar-refractivity contribution < 1.29 is 19.1 Å². The van der Waals surface area contributed by atoms with Crippen LogP contribution >= 0.6 is 11.3 Å². The molecule has 0 unspecified atom stereocenters. The first-order chi connectivity index (χ1) is 13.0. The van der Waals surface area contributed by atoms with E-state index < -0.39 is 5.91 Å². The Labute approximate surface area is 159 Å². The number of aryl methyl sites for hydroxylation is 1. The number of carbonyl (C=O) groups is 2. The van der Waals surface area contributed by atoms with Crippen LogP contribution in [0.1, 0.15) is 24.3 Å². The van der Waals surface area contributed by atoms with Crippen molar-refractivity contribution in [2.24, 2.45) is 12.0 Å². The molecule has 142 valence electrons. The predicted molar refractivity (Wildman–Crippen MR) is 101 cm³/mol. The van der Waals surface area contributed by atoms with Gasteiger partial charge >= 0.3 is 5.97 Å². The molecule has 0 aliphatic heterocycles. The molecule has 0 N–H and O–H groups in total. The molecule has 0 aliphatic carbocycles. The van der Waals surface area contributed by atoms with Crippen molar-refractivity contribution in [2.45, 2.75) is 20.4 Å². The van der Waals surface area contributed by atoms with Gasteiger partial charge in [0.2, 0.25) is 0 Å². The topological polar surface area (TPSA) is 87.7 Å². The molecule has 3 aromatic rings. The van der Waals surface area contributed by atoms with Gasteiger partial charge in [-0.3, -0.25) is 14.3 Å². The van der Waals surface area contributed by atoms with Gasteiger partial charge in [-0.05, 0) is 38.1 Å². The van der Waals surface area contributed by atoms with Crippen molar-refractivity contribution in [3.05, 3.63) is 41.0 Å². The number of rotatable bonds is 6. The maximum Gasteiger partial charge on any atom is 0.326 e. The first-order valence-electron chi connectivity index (χ1n) is 8.52. The highest BCUT2D eigenvalue weighted by molar-refractivity contribution is 7.16. The first kappa shape index (κ1) is 18.8. The van der Waals surface area contributed by atoms with Gasteiger partial charge in [-0.1, -0.05) is 11.3 Å². The molecular weight excluding hydrogens is 368 g/mol. The van der Waals surface area contributed by atoms with Crippen LogP contribution in [0.5, 0.6) is 5.75 Å². The lowest BCUT2D eigenvalue weighted by atomic mass is 10.3. The van der Waals surface area contributed by atoms with Gasteiger partial charge in [0.05, 0.1) is 23.4 Å². The van der Waals surface area contributed by atoms with E-state index in [0.717, 1.165) is 16.0 Å². The summed E-state index contributed by atoms with van der Waals surface area (Å²) < 4.78 is 14.6. The van der Waals surface area contributed by atoms with Crippen LogP contribution in [0.25, 0.3) is 10.2 Å². The van der Waals surface area contributed by atoms with E-state index in [2.05, 4.69) is 10.1 Å². The van der Waals surface area contributed by atoms with Gasteiger partial charge in [0.15, 0.2) is 4.80 Å². The molecule has 27 heavy (non-hydrogen) atoms. The highest BCUT2D eigenvalue weighted by Gasteiger charge is 2.14. The Balaban J connectivity index is 2.11. The lowest BCUT2D eigenvalue weighted by Gasteiger charge is -2.06. The summed E-state index contributed by atoms with van der Waals surface area (Å²) in [5.74, 6) is -0.0937. The molecule has 1 aromatic carbocycles. The normalized spacial score (nSPS) is 11.7. The van der Waals surface area contributed by atoms with E-state index in [1.807, 2.05) is 25.1 Å². The summed E-state index contributed by atoms with van der Waals surface area (Å²) in [7, 11) is 1.68. The summed E-state index contributed by atoms with van der Waals surface area (Å²) in [6.07, 6.45) is 1.54. The lowest BCUT2D eigenvalue weighted by molar-refractivity contribution is -0.143. The summed E-state index contributed by atoms with van der Waals surface area (Å²) in [4.78, 5) is 29.2. The zero-order valence-electron chi connectivity index (χ0n) is 15.3. The molecule has 0 atom stereocenters. The molecule has 0 aliphatic rings. The van der Waals surface area contributed by atoms with Crippen molar-refractivity contribution in [3.63, 3.8) is 0 Å². The van der Waals surface area contributed by atoms with Gasteiger partial charge in [0.25, 0.3) is 5.91 Å². The van der Waals surface area contributed by atoms with Gasteiger partial charge < -0.3 is 14.0 Å². The zero-order chi connectivity index (χ0) is 19.4. The largest absolute Gasteiger partial charge is 0.494 e. The molecule has 0 bridgehead atoms. The molecule has 0 spiro atoms. The summed E-state index contributed by atoms with van der Waals surface area (Å²) in [6, 6.07) is 7.15. The third-order valence-corrected chi connectivity index (χ3v) is 4.84. The van der Waals surface area contributed by atoms with Crippen LogP contribution in [0.15, 0.2) is 35.5 Å². The van der Waals surface area contributed by atoms with Crippen molar-refractivity contribution >= 4 is 33.4 Å². The van der Waals surface area contributed by atoms with E-state index in [9.17, 15) is 9.59 Å². The van der Waals surface area contributed by atoms with Crippen LogP contribution in [-0.2, 0) is 23.1 Å². The van der Waals surface area contributed by atoms with E-state index in [-0.39, 0.29) is 19.1 Å². The summed E-state index contributed by atoms with van der Waals surface area (Å²) in [6.45, 7) is 4.47. The molecule has 2 heterocycles. The maximum atomic E-state index is 12.5. The number of hydrogen-bond donors (Lipinski definition) is 0. The third-order valence-electron chi connectivity index (χ3n) is 3.79. The zero-order valence-corrected chi connectivity index (χ0v) is 16.2. The molecule has 2 aromatic heterocycles. The number of thiazole rings is 1. The highest BCUT2D eigenvalue weighted by Crippen LogP contribution is 2.23. The molecule has 0 saturated heterocycles. The fourth-order valence-corrected chi connectivity index (χ4v) is 3.67. The Kier molecular flexibility index (Phi) is 5.70. The van der Waals surface area contributed by atoms with Crippen LogP contribution in [0.3, 0.4) is 0 Å². The van der Waals surface area contributed by atoms with Gasteiger partial charge in [-0.25, -0.2) is 0 Å². The Bertz CT molecular complexity index is 1050. The van der Waals surface area contributed by atoms with Gasteiger partial charge in [-0.2, -0.15) is 10.1 Å². The maximum absolute atomic E-state index is 12.5. The monoisotopic (exact) mass is 388 g/mol. The fourth-order valence-electron chi connectivity index (χ4n) is 2.61. The minimum atomic E-state index is -0.427. The number of carbonyl (C=O) groups excluding carboxylic acids is 2. The van der Waals surface area contributed by atoms with E-state index >= 15 is 0 Å². The molecule has 0 saturated carbocycles. The van der Waals surface area contributed by atoms with Crippen molar-refractivity contribution in [1.82, 2.24) is 14.3 Å².